The van der Waals surface area contributed by atoms with Crippen LogP contribution in [0, 0.1) is 41.4 Å². The Balaban J connectivity index is 1.49. The number of hydrogen-bond acceptors (Lipinski definition) is 2. The number of halogens is 4. The molecule has 1 aliphatic carbocycles. The first kappa shape index (κ1) is 24.2. The van der Waals surface area contributed by atoms with Crippen molar-refractivity contribution in [3.05, 3.63) is 106 Å². The van der Waals surface area contributed by atoms with Crippen LogP contribution in [0.4, 0.5) is 17.6 Å². The van der Waals surface area contributed by atoms with Crippen LogP contribution in [0.15, 0.2) is 65.7 Å². The highest BCUT2D eigenvalue weighted by molar-refractivity contribution is 7.78. The van der Waals surface area contributed by atoms with Crippen molar-refractivity contribution in [2.24, 2.45) is 10.9 Å². The maximum atomic E-state index is 14.7. The molecule has 1 aliphatic rings. The third kappa shape index (κ3) is 6.34. The van der Waals surface area contributed by atoms with E-state index < -0.39 is 28.9 Å². The van der Waals surface area contributed by atoms with Gasteiger partial charge in [-0.2, -0.15) is 0 Å². The Morgan fingerprint density at radius 3 is 1.89 bits per heavy atom. The highest BCUT2D eigenvalue weighted by Crippen LogP contribution is 2.33. The molecule has 0 bridgehead atoms. The number of hydrogen-bond donors (Lipinski definition) is 0. The second kappa shape index (κ2) is 11.0. The van der Waals surface area contributed by atoms with E-state index in [-0.39, 0.29) is 16.7 Å². The van der Waals surface area contributed by atoms with Crippen molar-refractivity contribution in [3.63, 3.8) is 0 Å². The van der Waals surface area contributed by atoms with Gasteiger partial charge in [-0.05, 0) is 73.1 Å². The fraction of sp³-hybridized carbons (Fsp3) is 0.138. The minimum absolute atomic E-state index is 0.0640. The van der Waals surface area contributed by atoms with Crippen molar-refractivity contribution in [2.45, 2.75) is 19.3 Å². The Morgan fingerprint density at radius 1 is 0.800 bits per heavy atom. The summed E-state index contributed by atoms with van der Waals surface area (Å²) >= 11 is 4.34. The van der Waals surface area contributed by atoms with Gasteiger partial charge in [0.2, 0.25) is 0 Å². The van der Waals surface area contributed by atoms with E-state index in [0.717, 1.165) is 24.1 Å². The van der Waals surface area contributed by atoms with Crippen LogP contribution in [-0.2, 0) is 6.42 Å². The first-order valence-corrected chi connectivity index (χ1v) is 11.2. The van der Waals surface area contributed by atoms with Gasteiger partial charge in [0.05, 0.1) is 16.8 Å². The zero-order valence-electron chi connectivity index (χ0n) is 18.3. The van der Waals surface area contributed by atoms with E-state index in [2.05, 4.69) is 41.0 Å². The molecule has 1 nitrogen and oxygen atoms in total. The Hall–Kier alpha value is -3.96. The molecule has 172 valence electrons. The number of benzene rings is 3. The SMILES string of the molecule is F/C(=C(/F)c1ccc(CC2CC2)cc1)c1ccc(C#Cc2cc(F)c(C#CN=C=S)c(F)c2)cc1. The minimum Gasteiger partial charge on any atom is -0.205 e. The number of thiocarbonyl (C=S) groups is 1. The van der Waals surface area contributed by atoms with E-state index in [1.807, 2.05) is 17.3 Å². The van der Waals surface area contributed by atoms with Crippen molar-refractivity contribution < 1.29 is 17.6 Å². The van der Waals surface area contributed by atoms with E-state index in [9.17, 15) is 17.6 Å². The molecule has 0 heterocycles. The summed E-state index contributed by atoms with van der Waals surface area (Å²) in [4.78, 5) is 3.30. The predicted molar refractivity (Wildman–Crippen MR) is 133 cm³/mol. The summed E-state index contributed by atoms with van der Waals surface area (Å²) in [5, 5.41) is 1.98. The van der Waals surface area contributed by atoms with Crippen molar-refractivity contribution in [2.75, 3.05) is 0 Å². The molecule has 0 atom stereocenters. The van der Waals surface area contributed by atoms with Gasteiger partial charge in [-0.15, -0.1) is 4.99 Å². The molecule has 3 aromatic carbocycles. The number of isothiocyanates is 1. The van der Waals surface area contributed by atoms with Crippen LogP contribution in [0.1, 0.15) is 46.2 Å². The summed E-state index contributed by atoms with van der Waals surface area (Å²) in [6, 6.07) is 16.9. The summed E-state index contributed by atoms with van der Waals surface area (Å²) in [7, 11) is 0. The molecule has 0 N–H and O–H groups in total. The molecule has 1 fully saturated rings. The van der Waals surface area contributed by atoms with Crippen LogP contribution in [0.25, 0.3) is 11.7 Å². The lowest BCUT2D eigenvalue weighted by Crippen LogP contribution is -1.92. The molecule has 0 aliphatic heterocycles. The molecular weight excluding hydrogens is 470 g/mol. The third-order valence-corrected chi connectivity index (χ3v) is 5.53. The zero-order valence-corrected chi connectivity index (χ0v) is 19.2. The van der Waals surface area contributed by atoms with Gasteiger partial charge in [0.25, 0.3) is 0 Å². The minimum atomic E-state index is -0.974. The average Bonchev–Trinajstić information content (AvgIpc) is 3.68. The maximum Gasteiger partial charge on any atom is 0.166 e. The maximum absolute atomic E-state index is 14.7. The summed E-state index contributed by atoms with van der Waals surface area (Å²) in [6.45, 7) is 0. The van der Waals surface area contributed by atoms with Gasteiger partial charge in [-0.25, -0.2) is 17.6 Å². The van der Waals surface area contributed by atoms with Crippen molar-refractivity contribution in [3.8, 4) is 23.8 Å². The Kier molecular flexibility index (Phi) is 7.58. The highest BCUT2D eigenvalue weighted by Gasteiger charge is 2.21. The Morgan fingerprint density at radius 2 is 1.34 bits per heavy atom. The molecule has 3 aromatic rings. The van der Waals surface area contributed by atoms with Crippen LogP contribution >= 0.6 is 12.2 Å². The molecule has 35 heavy (non-hydrogen) atoms. The van der Waals surface area contributed by atoms with Crippen LogP contribution in [-0.4, -0.2) is 5.16 Å². The summed E-state index contributed by atoms with van der Waals surface area (Å²) in [5.41, 5.74) is 1.47. The predicted octanol–water partition coefficient (Wildman–Crippen LogP) is 7.49. The molecule has 0 unspecified atom stereocenters. The van der Waals surface area contributed by atoms with Crippen LogP contribution < -0.4 is 0 Å². The monoisotopic (exact) mass is 487 g/mol. The fourth-order valence-electron chi connectivity index (χ4n) is 3.41. The molecule has 0 amide bonds. The molecule has 0 spiro atoms. The molecule has 0 saturated heterocycles. The Bertz CT molecular complexity index is 1430. The fourth-order valence-corrected chi connectivity index (χ4v) is 3.46. The third-order valence-electron chi connectivity index (χ3n) is 5.44. The molecule has 0 radical (unpaired) electrons. The number of nitrogens with zero attached hydrogens (tertiary/aromatic N) is 1. The van der Waals surface area contributed by atoms with Gasteiger partial charge < -0.3 is 0 Å². The largest absolute Gasteiger partial charge is 0.205 e. The normalized spacial score (nSPS) is 12.9. The number of rotatable bonds is 4. The van der Waals surface area contributed by atoms with Crippen molar-refractivity contribution in [1.82, 2.24) is 0 Å². The summed E-state index contributed by atoms with van der Waals surface area (Å²) in [5.74, 6) is 4.64. The van der Waals surface area contributed by atoms with Crippen LogP contribution in [0.2, 0.25) is 0 Å². The van der Waals surface area contributed by atoms with Crippen LogP contribution in [0.5, 0.6) is 0 Å². The first-order valence-electron chi connectivity index (χ1n) is 10.8. The smallest absolute Gasteiger partial charge is 0.166 e. The van der Waals surface area contributed by atoms with Gasteiger partial charge in [-0.1, -0.05) is 48.2 Å². The quantitative estimate of drug-likeness (QED) is 0.122. The molecule has 6 heteroatoms. The first-order chi connectivity index (χ1) is 16.9. The lowest BCUT2D eigenvalue weighted by molar-refractivity contribution is 0.577. The lowest BCUT2D eigenvalue weighted by Gasteiger charge is -2.05. The van der Waals surface area contributed by atoms with E-state index in [1.165, 1.54) is 37.1 Å². The molecule has 1 saturated carbocycles. The van der Waals surface area contributed by atoms with E-state index in [1.54, 1.807) is 12.1 Å². The van der Waals surface area contributed by atoms with Gasteiger partial charge in [0.1, 0.15) is 11.6 Å². The van der Waals surface area contributed by atoms with Crippen molar-refractivity contribution >= 4 is 29.0 Å². The van der Waals surface area contributed by atoms with E-state index >= 15 is 0 Å². The summed E-state index contributed by atoms with van der Waals surface area (Å²) in [6.07, 6.45) is 3.43. The van der Waals surface area contributed by atoms with E-state index in [0.29, 0.717) is 11.5 Å². The zero-order chi connectivity index (χ0) is 24.8. The molecule has 4 rings (SSSR count). The topological polar surface area (TPSA) is 12.4 Å². The highest BCUT2D eigenvalue weighted by atomic mass is 32.1. The van der Waals surface area contributed by atoms with Gasteiger partial charge >= 0.3 is 0 Å². The second-order valence-corrected chi connectivity index (χ2v) is 8.24. The molecular formula is C29H17F4NS. The average molecular weight is 488 g/mol. The van der Waals surface area contributed by atoms with E-state index in [4.69, 9.17) is 0 Å². The molecule has 0 aromatic heterocycles. The van der Waals surface area contributed by atoms with Gasteiger partial charge in [-0.3, -0.25) is 0 Å². The second-order valence-electron chi connectivity index (χ2n) is 8.05. The standard InChI is InChI=1S/C29H17F4NS/c30-26-16-22(17-27(31)25(26)13-14-34-18-35)4-1-19-5-9-23(10-6-19)28(32)29(33)24-11-7-21(8-12-24)15-20-2-3-20/h5-12,16-17,20H,2-3,15H2/b29-28+. The Labute approximate surface area is 206 Å². The van der Waals surface area contributed by atoms with Crippen LogP contribution in [0.3, 0.4) is 0 Å². The van der Waals surface area contributed by atoms with Gasteiger partial charge in [0, 0.05) is 22.3 Å². The van der Waals surface area contributed by atoms with Crippen molar-refractivity contribution in [1.29, 1.82) is 0 Å². The lowest BCUT2D eigenvalue weighted by atomic mass is 10.0. The summed E-state index contributed by atoms with van der Waals surface area (Å²) < 4.78 is 57.6. The number of aliphatic imine (C=N–C) groups is 1. The van der Waals surface area contributed by atoms with Gasteiger partial charge in [0.15, 0.2) is 11.7 Å².